The Morgan fingerprint density at radius 2 is 1.42 bits per heavy atom. The quantitative estimate of drug-likeness (QED) is 0.629. The summed E-state index contributed by atoms with van der Waals surface area (Å²) in [6, 6.07) is 8.30. The van der Waals surface area contributed by atoms with Gasteiger partial charge in [-0.2, -0.15) is 0 Å². The maximum absolute atomic E-state index is 10.2. The van der Waals surface area contributed by atoms with Gasteiger partial charge < -0.3 is 25.2 Å². The van der Waals surface area contributed by atoms with Gasteiger partial charge in [-0.3, -0.25) is 0 Å². The number of benzene rings is 1. The Hall–Kier alpha value is -1.76. The molecule has 0 aliphatic rings. The molecule has 0 aliphatic carbocycles. The highest BCUT2D eigenvalue weighted by Crippen LogP contribution is 1.96. The second-order valence-corrected chi connectivity index (χ2v) is 3.60. The molecule has 6 nitrogen and oxygen atoms in total. The Kier molecular flexibility index (Phi) is 13.1. The molecule has 6 heteroatoms. The number of hydrogen-bond acceptors (Lipinski definition) is 5. The number of carbonyl (C=O) groups is 2. The van der Waals surface area contributed by atoms with Gasteiger partial charge in [-0.25, -0.2) is 4.79 Å². The number of carbonyl (C=O) groups excluding carboxylic acids is 1. The number of carboxylic acids is 1. The van der Waals surface area contributed by atoms with Crippen molar-refractivity contribution >= 4 is 11.8 Å². The van der Waals surface area contributed by atoms with Crippen LogP contribution in [0.2, 0.25) is 0 Å². The van der Waals surface area contributed by atoms with Crippen LogP contribution in [0.25, 0.3) is 0 Å². The van der Waals surface area contributed by atoms with Gasteiger partial charge in [0, 0.05) is 0 Å². The number of aliphatic hydroxyl groups excluding tert-OH is 3. The summed E-state index contributed by atoms with van der Waals surface area (Å²) in [5.74, 6) is -0.712. The average Bonchev–Trinajstić information content (AvgIpc) is 2.39. The smallest absolute Gasteiger partial charge is 0.335 e. The van der Waals surface area contributed by atoms with Gasteiger partial charge in [0.1, 0.15) is 11.9 Å². The molecular formula is C13H20O6. The van der Waals surface area contributed by atoms with Gasteiger partial charge in [0.25, 0.3) is 0 Å². The highest BCUT2D eigenvalue weighted by atomic mass is 16.4. The van der Waals surface area contributed by atoms with Crippen LogP contribution in [0.4, 0.5) is 0 Å². The zero-order valence-corrected chi connectivity index (χ0v) is 11.0. The second kappa shape index (κ2) is 12.7. The number of aromatic carboxylic acids is 1. The third kappa shape index (κ3) is 16.2. The van der Waals surface area contributed by atoms with E-state index in [1.54, 1.807) is 30.3 Å². The summed E-state index contributed by atoms with van der Waals surface area (Å²) in [4.78, 5) is 19.6. The van der Waals surface area contributed by atoms with E-state index >= 15 is 0 Å². The van der Waals surface area contributed by atoms with Crippen molar-refractivity contribution in [3.05, 3.63) is 35.9 Å². The molecule has 0 amide bonds. The Balaban J connectivity index is 0. The molecule has 1 rings (SSSR count). The van der Waals surface area contributed by atoms with Crippen LogP contribution < -0.4 is 0 Å². The highest BCUT2D eigenvalue weighted by Gasteiger charge is 1.96. The summed E-state index contributed by atoms with van der Waals surface area (Å²) in [5, 5.41) is 32.4. The summed E-state index contributed by atoms with van der Waals surface area (Å²) in [6.45, 7) is 2.33. The Morgan fingerprint density at radius 1 is 1.05 bits per heavy atom. The van der Waals surface area contributed by atoms with E-state index in [1.165, 1.54) is 13.8 Å². The van der Waals surface area contributed by atoms with Crippen molar-refractivity contribution in [2.24, 2.45) is 0 Å². The van der Waals surface area contributed by atoms with Crippen LogP contribution in [0.5, 0.6) is 0 Å². The molecule has 0 spiro atoms. The lowest BCUT2D eigenvalue weighted by atomic mass is 10.2. The van der Waals surface area contributed by atoms with Crippen LogP contribution in [0.15, 0.2) is 30.3 Å². The van der Waals surface area contributed by atoms with Crippen LogP contribution in [-0.2, 0) is 4.79 Å². The van der Waals surface area contributed by atoms with Gasteiger partial charge in [0.2, 0.25) is 0 Å². The van der Waals surface area contributed by atoms with Crippen LogP contribution >= 0.6 is 0 Å². The number of rotatable bonds is 3. The maximum atomic E-state index is 10.2. The first kappa shape index (κ1) is 19.6. The van der Waals surface area contributed by atoms with Gasteiger partial charge in [0.15, 0.2) is 0 Å². The van der Waals surface area contributed by atoms with Crippen LogP contribution in [0.1, 0.15) is 24.2 Å². The van der Waals surface area contributed by atoms with Crippen molar-refractivity contribution < 1.29 is 30.0 Å². The molecule has 0 radical (unpaired) electrons. The predicted molar refractivity (Wildman–Crippen MR) is 69.9 cm³/mol. The molecule has 0 fully saturated rings. The van der Waals surface area contributed by atoms with Gasteiger partial charge in [-0.1, -0.05) is 18.2 Å². The van der Waals surface area contributed by atoms with E-state index in [0.29, 0.717) is 5.56 Å². The Morgan fingerprint density at radius 3 is 1.58 bits per heavy atom. The van der Waals surface area contributed by atoms with Crippen LogP contribution in [0.3, 0.4) is 0 Å². The van der Waals surface area contributed by atoms with Gasteiger partial charge >= 0.3 is 5.97 Å². The first-order valence-corrected chi connectivity index (χ1v) is 5.50. The minimum atomic E-state index is -0.954. The lowest BCUT2D eigenvalue weighted by molar-refractivity contribution is -0.115. The topological polar surface area (TPSA) is 115 Å². The van der Waals surface area contributed by atoms with Crippen molar-refractivity contribution in [1.29, 1.82) is 0 Å². The molecule has 0 aliphatic heterocycles. The van der Waals surface area contributed by atoms with E-state index in [4.69, 9.17) is 20.4 Å². The van der Waals surface area contributed by atoms with Crippen molar-refractivity contribution in [1.82, 2.24) is 0 Å². The standard InChI is InChI=1S/C7H6O2.C3H8O3.C3H6O/c8-7(9)6-4-2-1-3-5-6;4-1-3(6)2-5;1-3(2)4/h1-5H,(H,8,9);3-6H,1-2H2;1-2H3. The fourth-order valence-electron chi connectivity index (χ4n) is 0.638. The molecule has 0 heterocycles. The van der Waals surface area contributed by atoms with Crippen LogP contribution in [0, 0.1) is 0 Å². The first-order valence-electron chi connectivity index (χ1n) is 5.50. The van der Waals surface area contributed by atoms with Crippen molar-refractivity contribution in [3.8, 4) is 0 Å². The summed E-state index contributed by atoms with van der Waals surface area (Å²) >= 11 is 0. The highest BCUT2D eigenvalue weighted by molar-refractivity contribution is 5.87. The summed E-state index contributed by atoms with van der Waals surface area (Å²) < 4.78 is 0. The minimum Gasteiger partial charge on any atom is -0.478 e. The molecular weight excluding hydrogens is 252 g/mol. The third-order valence-corrected chi connectivity index (χ3v) is 1.44. The average molecular weight is 272 g/mol. The third-order valence-electron chi connectivity index (χ3n) is 1.44. The fourth-order valence-corrected chi connectivity index (χ4v) is 0.638. The largest absolute Gasteiger partial charge is 0.478 e. The van der Waals surface area contributed by atoms with Gasteiger partial charge in [-0.15, -0.1) is 0 Å². The van der Waals surface area contributed by atoms with Gasteiger partial charge in [0.05, 0.1) is 18.8 Å². The molecule has 1 aromatic rings. The molecule has 4 N–H and O–H groups in total. The number of Topliss-reactive ketones (excluding diaryl/α,β-unsaturated/α-hetero) is 1. The number of aliphatic hydroxyl groups is 3. The molecule has 0 atom stereocenters. The van der Waals surface area contributed by atoms with E-state index in [9.17, 15) is 9.59 Å². The fraction of sp³-hybridized carbons (Fsp3) is 0.385. The minimum absolute atomic E-state index is 0.167. The monoisotopic (exact) mass is 272 g/mol. The molecule has 0 bridgehead atoms. The van der Waals surface area contributed by atoms with E-state index < -0.39 is 12.1 Å². The van der Waals surface area contributed by atoms with Crippen LogP contribution in [-0.4, -0.2) is 51.5 Å². The summed E-state index contributed by atoms with van der Waals surface area (Å²) in [6.07, 6.45) is -0.954. The summed E-state index contributed by atoms with van der Waals surface area (Å²) in [7, 11) is 0. The molecule has 108 valence electrons. The zero-order chi connectivity index (χ0) is 15.3. The Labute approximate surface area is 111 Å². The Bertz CT molecular complexity index is 341. The van der Waals surface area contributed by atoms with E-state index in [1.807, 2.05) is 0 Å². The SMILES string of the molecule is CC(C)=O.O=C(O)c1ccccc1.OCC(O)CO. The lowest BCUT2D eigenvalue weighted by Crippen LogP contribution is -2.15. The van der Waals surface area contributed by atoms with E-state index in [0.717, 1.165) is 0 Å². The van der Waals surface area contributed by atoms with Crippen molar-refractivity contribution in [3.63, 3.8) is 0 Å². The number of ketones is 1. The lowest BCUT2D eigenvalue weighted by Gasteiger charge is -1.96. The second-order valence-electron chi connectivity index (χ2n) is 3.60. The normalized spacial score (nSPS) is 8.74. The maximum Gasteiger partial charge on any atom is 0.335 e. The van der Waals surface area contributed by atoms with Gasteiger partial charge in [-0.05, 0) is 26.0 Å². The van der Waals surface area contributed by atoms with E-state index in [-0.39, 0.29) is 19.0 Å². The van der Waals surface area contributed by atoms with E-state index in [2.05, 4.69) is 0 Å². The summed E-state index contributed by atoms with van der Waals surface area (Å²) in [5.41, 5.74) is 0.331. The molecule has 0 saturated heterocycles. The predicted octanol–water partition coefficient (Wildman–Crippen LogP) is 0.312. The van der Waals surface area contributed by atoms with Crippen molar-refractivity contribution in [2.45, 2.75) is 20.0 Å². The first-order chi connectivity index (χ1) is 8.84. The molecule has 0 aromatic heterocycles. The molecule has 1 aromatic carbocycles. The molecule has 19 heavy (non-hydrogen) atoms. The number of carboxylic acid groups (broad SMARTS) is 1. The molecule has 0 saturated carbocycles. The number of hydrogen-bond donors (Lipinski definition) is 4. The van der Waals surface area contributed by atoms with Crippen molar-refractivity contribution in [2.75, 3.05) is 13.2 Å². The molecule has 0 unspecified atom stereocenters. The zero-order valence-electron chi connectivity index (χ0n) is 11.0.